The number of aliphatic hydroxyl groups excluding tert-OH is 5. The van der Waals surface area contributed by atoms with Gasteiger partial charge in [0.15, 0.2) is 12.1 Å². The highest BCUT2D eigenvalue weighted by molar-refractivity contribution is 8.08. The number of thiophene rings is 1. The first-order valence-electron chi connectivity index (χ1n) is 12.4. The maximum absolute atomic E-state index is 12.6. The van der Waals surface area contributed by atoms with Gasteiger partial charge >= 0.3 is 14.5 Å². The number of rotatable bonds is 11. The largest absolute Gasteiger partial charge is 0.481 e. The molecule has 5 rings (SSSR count). The van der Waals surface area contributed by atoms with Gasteiger partial charge < -0.3 is 65.5 Å². The van der Waals surface area contributed by atoms with Gasteiger partial charge in [0.05, 0.1) is 59.6 Å². The van der Waals surface area contributed by atoms with Crippen molar-refractivity contribution in [3.63, 3.8) is 0 Å². The Labute approximate surface area is 246 Å². The summed E-state index contributed by atoms with van der Waals surface area (Å²) in [5, 5.41) is 65.8. The van der Waals surface area contributed by atoms with E-state index in [0.717, 1.165) is 0 Å². The van der Waals surface area contributed by atoms with E-state index in [2.05, 4.69) is 19.6 Å². The molecular formula is C20H30N4O14P2S2. The molecule has 8 unspecified atom stereocenters. The molecule has 22 heteroatoms. The van der Waals surface area contributed by atoms with Gasteiger partial charge in [0.25, 0.3) is 0 Å². The van der Waals surface area contributed by atoms with Crippen molar-refractivity contribution in [2.75, 3.05) is 26.0 Å². The molecule has 0 aromatic carbocycles. The van der Waals surface area contributed by atoms with Gasteiger partial charge in [0, 0.05) is 5.56 Å². The maximum atomic E-state index is 12.6. The molecule has 0 spiro atoms. The molecule has 0 amide bonds. The number of fused-ring (bicyclic) bond motifs is 2. The van der Waals surface area contributed by atoms with E-state index in [9.17, 15) is 45.0 Å². The second-order valence-electron chi connectivity index (χ2n) is 9.97. The Balaban J connectivity index is 1.21. The van der Waals surface area contributed by atoms with Crippen molar-refractivity contribution in [3.05, 3.63) is 17.3 Å². The van der Waals surface area contributed by atoms with Crippen molar-refractivity contribution in [2.24, 2.45) is 11.8 Å². The first-order chi connectivity index (χ1) is 19.6. The van der Waals surface area contributed by atoms with Gasteiger partial charge in [-0.25, -0.2) is 18.8 Å². The number of nitrogens with two attached hydrogens (primary N) is 1. The normalized spacial score (nSPS) is 39.9. The molecule has 2 aliphatic heterocycles. The van der Waals surface area contributed by atoms with Crippen LogP contribution in [0.3, 0.4) is 0 Å². The van der Waals surface area contributed by atoms with Crippen molar-refractivity contribution >= 4 is 53.7 Å². The number of hydrogen-bond donors (Lipinski definition) is 10. The summed E-state index contributed by atoms with van der Waals surface area (Å²) in [7, 11) is -3.70. The maximum Gasteiger partial charge on any atom is 0.481 e. The smallest absolute Gasteiger partial charge is 0.394 e. The third kappa shape index (κ3) is 5.68. The lowest BCUT2D eigenvalue weighted by atomic mass is 9.86. The van der Waals surface area contributed by atoms with Crippen LogP contribution in [0.2, 0.25) is 0 Å². The molecule has 2 saturated heterocycles. The zero-order valence-corrected chi connectivity index (χ0v) is 25.0. The number of anilines is 1. The molecule has 18 nitrogen and oxygen atoms in total. The minimum atomic E-state index is -5.30. The third-order valence-electron chi connectivity index (χ3n) is 7.53. The van der Waals surface area contributed by atoms with Gasteiger partial charge in [-0.15, -0.1) is 11.3 Å². The first-order valence-corrected chi connectivity index (χ1v) is 17.3. The number of nitrogens with one attached hydrogen (secondary N) is 1. The van der Waals surface area contributed by atoms with Crippen LogP contribution in [0.5, 0.6) is 0 Å². The summed E-state index contributed by atoms with van der Waals surface area (Å²) >= 11 is 6.12. The molecule has 2 aromatic rings. The van der Waals surface area contributed by atoms with Crippen LogP contribution in [0, 0.1) is 11.8 Å². The van der Waals surface area contributed by atoms with Crippen molar-refractivity contribution in [1.29, 1.82) is 0 Å². The first kappa shape index (κ1) is 32.6. The van der Waals surface area contributed by atoms with E-state index in [0.29, 0.717) is 15.8 Å². The zero-order chi connectivity index (χ0) is 30.8. The number of hydrogen-bond acceptors (Lipinski definition) is 18. The highest BCUT2D eigenvalue weighted by Crippen LogP contribution is 2.64. The minimum absolute atomic E-state index is 0.280. The average molecular weight is 677 g/mol. The molecule has 11 N–H and O–H groups in total. The van der Waals surface area contributed by atoms with Gasteiger partial charge in [0.2, 0.25) is 0 Å². The van der Waals surface area contributed by atoms with E-state index < -0.39 is 94.3 Å². The fraction of sp³-hybridized carbons (Fsp3) is 0.700. The molecule has 42 heavy (non-hydrogen) atoms. The molecule has 1 saturated carbocycles. The van der Waals surface area contributed by atoms with E-state index in [1.54, 1.807) is 12.4 Å². The van der Waals surface area contributed by atoms with Gasteiger partial charge in [-0.2, -0.15) is 0 Å². The quantitative estimate of drug-likeness (QED) is 0.109. The number of ether oxygens (including phenoxy) is 2. The molecule has 1 aliphatic carbocycles. The lowest BCUT2D eigenvalue weighted by Crippen LogP contribution is -2.64. The van der Waals surface area contributed by atoms with E-state index in [-0.39, 0.29) is 5.82 Å². The number of likely N-dealkylation sites (N-methyl/N-ethyl adjacent to an activating group) is 1. The zero-order valence-electron chi connectivity index (χ0n) is 21.6. The fourth-order valence-corrected chi connectivity index (χ4v) is 9.64. The Morgan fingerprint density at radius 3 is 2.64 bits per heavy atom. The monoisotopic (exact) mass is 676 g/mol. The summed E-state index contributed by atoms with van der Waals surface area (Å²) in [6.45, 7) is -6.00. The van der Waals surface area contributed by atoms with Crippen LogP contribution >= 0.6 is 25.9 Å². The van der Waals surface area contributed by atoms with Crippen molar-refractivity contribution in [1.82, 2.24) is 15.3 Å². The second kappa shape index (κ2) is 11.8. The van der Waals surface area contributed by atoms with Gasteiger partial charge in [0.1, 0.15) is 30.5 Å². The number of phosphoric acid groups is 1. The fourth-order valence-electron chi connectivity index (χ4n) is 5.59. The number of aromatic nitrogens is 2. The predicted octanol–water partition coefficient (Wildman–Crippen LogP) is -2.60. The average Bonchev–Trinajstić information content (AvgIpc) is 3.50. The summed E-state index contributed by atoms with van der Waals surface area (Å²) in [4.78, 5) is 28.9. The Kier molecular flexibility index (Phi) is 9.17. The summed E-state index contributed by atoms with van der Waals surface area (Å²) < 4.78 is 38.9. The van der Waals surface area contributed by atoms with Gasteiger partial charge in [-0.05, 0) is 24.2 Å². The van der Waals surface area contributed by atoms with E-state index in [1.165, 1.54) is 17.7 Å². The van der Waals surface area contributed by atoms with Crippen molar-refractivity contribution in [2.45, 2.75) is 54.7 Å². The van der Waals surface area contributed by atoms with Crippen LogP contribution < -0.4 is 11.1 Å². The van der Waals surface area contributed by atoms with Crippen molar-refractivity contribution < 1.29 is 67.8 Å². The van der Waals surface area contributed by atoms with Crippen LogP contribution in [-0.2, 0) is 39.2 Å². The number of aliphatic hydroxyl groups is 6. The predicted molar refractivity (Wildman–Crippen MR) is 145 cm³/mol. The Morgan fingerprint density at radius 1 is 1.26 bits per heavy atom. The van der Waals surface area contributed by atoms with Crippen molar-refractivity contribution in [3.8, 4) is 0 Å². The molecule has 3 fully saturated rings. The molecular weight excluding hydrogens is 646 g/mol. The molecule has 13 atom stereocenters. The van der Waals surface area contributed by atoms with Gasteiger partial charge in [-0.1, -0.05) is 0 Å². The summed E-state index contributed by atoms with van der Waals surface area (Å²) in [5.41, 5.74) is 7.06. The van der Waals surface area contributed by atoms with Crippen LogP contribution in [0.4, 0.5) is 5.82 Å². The topological polar surface area (TPSA) is 289 Å². The second-order valence-corrected chi connectivity index (χ2v) is 15.2. The van der Waals surface area contributed by atoms with Gasteiger partial charge in [-0.3, -0.25) is 4.52 Å². The lowest BCUT2D eigenvalue weighted by Gasteiger charge is -2.49. The Bertz CT molecular complexity index is 1410. The number of phosphoric ester groups is 1. The Hall–Kier alpha value is -0.840. The van der Waals surface area contributed by atoms with Crippen LogP contribution in [-0.4, -0.2) is 119 Å². The standard InChI is InChI=1S/C20H30N4O14P2S2/c1-22-12-13(27)8(35-16(12)6-4-42-17-11(6)23-5-24-18(17)21)3-34-40(33,41)38-39(31,32)37-19-10-15(29)14(28)9(7(26)2-25)20(10,30)36-19/h4-5,7-10,12-16,19,22,25-30H,2-3H2,1H3,(H,31,32)(H,33,41)(H2,21,23,24)/t7-,8+,9?,10?,12+,13+,14?,15?,16-,19?,20?,40?/m0/s1. The summed E-state index contributed by atoms with van der Waals surface area (Å²) in [5.74, 6) is -5.22. The minimum Gasteiger partial charge on any atom is -0.394 e. The molecule has 2 aromatic heterocycles. The van der Waals surface area contributed by atoms with Crippen LogP contribution in [0.25, 0.3) is 10.2 Å². The SMILES string of the molecule is CN[C@@H]1[C@H](O)[C@@H](COP(O)(=S)OP(=O)(O)OC2OC3(O)C2C(O)C(O)C3[C@@H](O)CO)O[C@H]1c1csc2c(N)ncnc12. The molecule has 3 aliphatic rings. The highest BCUT2D eigenvalue weighted by Gasteiger charge is 2.73. The molecule has 0 bridgehead atoms. The number of nitrogens with zero attached hydrogens (tertiary/aromatic N) is 2. The molecule has 4 heterocycles. The highest BCUT2D eigenvalue weighted by atomic mass is 32.5. The number of nitrogen functional groups attached to an aromatic ring is 1. The van der Waals surface area contributed by atoms with E-state index in [4.69, 9.17) is 36.1 Å². The molecule has 236 valence electrons. The van der Waals surface area contributed by atoms with E-state index >= 15 is 0 Å². The third-order valence-corrected chi connectivity index (χ3v) is 12.1. The summed E-state index contributed by atoms with van der Waals surface area (Å²) in [6.07, 6.45) is -8.82. The van der Waals surface area contributed by atoms with Crippen LogP contribution in [0.15, 0.2) is 11.7 Å². The summed E-state index contributed by atoms with van der Waals surface area (Å²) in [6, 6.07) is -0.659. The lowest BCUT2D eigenvalue weighted by molar-refractivity contribution is -0.427. The Morgan fingerprint density at radius 2 is 1.98 bits per heavy atom. The van der Waals surface area contributed by atoms with E-state index in [1.807, 2.05) is 0 Å². The van der Waals surface area contributed by atoms with Crippen LogP contribution in [0.1, 0.15) is 11.7 Å². The molecule has 0 radical (unpaired) electrons.